The minimum Gasteiger partial charge on any atom is -0.345 e. The Hall–Kier alpha value is -2.21. The van der Waals surface area contributed by atoms with Crippen molar-refractivity contribution in [2.45, 2.75) is 31.5 Å². The number of carbonyl (C=O) groups excluding carboxylic acids is 1. The van der Waals surface area contributed by atoms with Gasteiger partial charge in [-0.3, -0.25) is 9.69 Å². The van der Waals surface area contributed by atoms with Gasteiger partial charge in [-0.25, -0.2) is 4.68 Å². The van der Waals surface area contributed by atoms with E-state index in [0.29, 0.717) is 11.7 Å². The lowest BCUT2D eigenvalue weighted by atomic mass is 10.1. The van der Waals surface area contributed by atoms with Gasteiger partial charge in [0.1, 0.15) is 0 Å². The summed E-state index contributed by atoms with van der Waals surface area (Å²) in [7, 11) is 0. The van der Waals surface area contributed by atoms with Crippen molar-refractivity contribution in [3.63, 3.8) is 0 Å². The Morgan fingerprint density at radius 1 is 1.23 bits per heavy atom. The summed E-state index contributed by atoms with van der Waals surface area (Å²) in [5.41, 5.74) is 1.73. The number of hydrogen-bond donors (Lipinski definition) is 1. The summed E-state index contributed by atoms with van der Waals surface area (Å²) < 4.78 is 1.80. The van der Waals surface area contributed by atoms with Gasteiger partial charge in [-0.05, 0) is 18.4 Å². The maximum atomic E-state index is 12.1. The van der Waals surface area contributed by atoms with Gasteiger partial charge in [0.05, 0.1) is 18.3 Å². The first-order chi connectivity index (χ1) is 10.8. The van der Waals surface area contributed by atoms with E-state index in [9.17, 15) is 4.79 Å². The van der Waals surface area contributed by atoms with Crippen LogP contribution in [-0.4, -0.2) is 44.9 Å². The quantitative estimate of drug-likeness (QED) is 0.901. The Kier molecular flexibility index (Phi) is 3.38. The molecule has 0 atom stereocenters. The van der Waals surface area contributed by atoms with Crippen molar-refractivity contribution in [1.82, 2.24) is 25.2 Å². The third-order valence-electron chi connectivity index (χ3n) is 4.21. The molecule has 0 bridgehead atoms. The monoisotopic (exact) mass is 297 g/mol. The van der Waals surface area contributed by atoms with Gasteiger partial charge >= 0.3 is 0 Å². The summed E-state index contributed by atoms with van der Waals surface area (Å²) in [6.07, 6.45) is 4.04. The van der Waals surface area contributed by atoms with Crippen LogP contribution >= 0.6 is 0 Å². The van der Waals surface area contributed by atoms with Crippen LogP contribution in [0.5, 0.6) is 0 Å². The van der Waals surface area contributed by atoms with Crippen LogP contribution in [0.2, 0.25) is 0 Å². The average Bonchev–Trinajstić information content (AvgIpc) is 3.23. The lowest BCUT2D eigenvalue weighted by molar-refractivity contribution is 0.0790. The molecule has 1 N–H and O–H groups in total. The molecule has 2 heterocycles. The molecule has 22 heavy (non-hydrogen) atoms. The first kappa shape index (κ1) is 13.5. The summed E-state index contributed by atoms with van der Waals surface area (Å²) in [6.45, 7) is 2.71. The van der Waals surface area contributed by atoms with Crippen LogP contribution in [0.1, 0.15) is 34.9 Å². The highest BCUT2D eigenvalue weighted by atomic mass is 16.2. The Morgan fingerprint density at radius 2 is 2.00 bits per heavy atom. The van der Waals surface area contributed by atoms with Crippen LogP contribution in [0.3, 0.4) is 0 Å². The van der Waals surface area contributed by atoms with E-state index in [1.54, 1.807) is 10.9 Å². The fraction of sp³-hybridized carbons (Fsp3) is 0.438. The molecule has 1 aromatic heterocycles. The summed E-state index contributed by atoms with van der Waals surface area (Å²) >= 11 is 0. The second kappa shape index (κ2) is 5.53. The zero-order valence-corrected chi connectivity index (χ0v) is 12.4. The lowest BCUT2D eigenvalue weighted by Crippen LogP contribution is -2.58. The molecule has 2 fully saturated rings. The molecule has 1 aliphatic carbocycles. The standard InChI is InChI=1S/C16H19N5O/c22-16(15-11-21(19-18-15)14-6-7-14)17-13-9-20(10-13)8-12-4-2-1-3-5-12/h1-5,11,13-14H,6-10H2,(H,17,22). The number of hydrogen-bond acceptors (Lipinski definition) is 4. The molecule has 0 radical (unpaired) electrons. The fourth-order valence-corrected chi connectivity index (χ4v) is 2.79. The number of aromatic nitrogens is 3. The number of benzene rings is 1. The molecule has 114 valence electrons. The number of likely N-dealkylation sites (tertiary alicyclic amines) is 1. The van der Waals surface area contributed by atoms with E-state index < -0.39 is 0 Å². The maximum absolute atomic E-state index is 12.1. The minimum absolute atomic E-state index is 0.115. The fourth-order valence-electron chi connectivity index (χ4n) is 2.79. The van der Waals surface area contributed by atoms with Crippen molar-refractivity contribution in [3.8, 4) is 0 Å². The van der Waals surface area contributed by atoms with Crippen molar-refractivity contribution in [2.24, 2.45) is 0 Å². The molecule has 2 aliphatic rings. The highest BCUT2D eigenvalue weighted by Gasteiger charge is 2.30. The lowest BCUT2D eigenvalue weighted by Gasteiger charge is -2.39. The Labute approximate surface area is 129 Å². The normalized spacial score (nSPS) is 18.9. The van der Waals surface area contributed by atoms with Crippen LogP contribution in [0.15, 0.2) is 36.5 Å². The summed E-state index contributed by atoms with van der Waals surface area (Å²) in [4.78, 5) is 14.4. The predicted octanol–water partition coefficient (Wildman–Crippen LogP) is 1.23. The summed E-state index contributed by atoms with van der Waals surface area (Å²) in [5.74, 6) is -0.115. The average molecular weight is 297 g/mol. The molecule has 4 rings (SSSR count). The SMILES string of the molecule is O=C(NC1CN(Cc2ccccc2)C1)c1cn(C2CC2)nn1. The van der Waals surface area contributed by atoms with Crippen LogP contribution in [0.25, 0.3) is 0 Å². The molecule has 2 aromatic rings. The van der Waals surface area contributed by atoms with Gasteiger partial charge in [-0.15, -0.1) is 5.10 Å². The molecule has 1 saturated heterocycles. The molecule has 1 saturated carbocycles. The van der Waals surface area contributed by atoms with E-state index in [1.165, 1.54) is 5.56 Å². The number of rotatable bonds is 5. The van der Waals surface area contributed by atoms with Crippen molar-refractivity contribution in [3.05, 3.63) is 47.8 Å². The van der Waals surface area contributed by atoms with E-state index in [2.05, 4.69) is 44.8 Å². The van der Waals surface area contributed by atoms with Crippen molar-refractivity contribution in [1.29, 1.82) is 0 Å². The molecule has 6 nitrogen and oxygen atoms in total. The van der Waals surface area contributed by atoms with Crippen molar-refractivity contribution >= 4 is 5.91 Å². The Bertz CT molecular complexity index is 658. The van der Waals surface area contributed by atoms with Gasteiger partial charge in [-0.2, -0.15) is 0 Å². The topological polar surface area (TPSA) is 63.1 Å². The minimum atomic E-state index is -0.115. The third kappa shape index (κ3) is 2.87. The summed E-state index contributed by atoms with van der Waals surface area (Å²) in [5, 5.41) is 11.0. The third-order valence-corrected chi connectivity index (χ3v) is 4.21. The van der Waals surface area contributed by atoms with Crippen LogP contribution < -0.4 is 5.32 Å². The van der Waals surface area contributed by atoms with E-state index in [0.717, 1.165) is 32.5 Å². The number of amides is 1. The van der Waals surface area contributed by atoms with Crippen molar-refractivity contribution in [2.75, 3.05) is 13.1 Å². The molecule has 0 spiro atoms. The van der Waals surface area contributed by atoms with Gasteiger partial charge < -0.3 is 5.32 Å². The second-order valence-electron chi connectivity index (χ2n) is 6.17. The van der Waals surface area contributed by atoms with Gasteiger partial charge in [-0.1, -0.05) is 35.5 Å². The smallest absolute Gasteiger partial charge is 0.273 e. The molecule has 6 heteroatoms. The zero-order chi connectivity index (χ0) is 14.9. The Morgan fingerprint density at radius 3 is 2.73 bits per heavy atom. The molecular weight excluding hydrogens is 278 g/mol. The molecule has 1 aliphatic heterocycles. The maximum Gasteiger partial charge on any atom is 0.273 e. The van der Waals surface area contributed by atoms with Crippen LogP contribution in [-0.2, 0) is 6.54 Å². The molecular formula is C16H19N5O. The molecule has 1 aromatic carbocycles. The first-order valence-corrected chi connectivity index (χ1v) is 7.77. The van der Waals surface area contributed by atoms with E-state index in [-0.39, 0.29) is 11.9 Å². The van der Waals surface area contributed by atoms with Crippen molar-refractivity contribution < 1.29 is 4.79 Å². The van der Waals surface area contributed by atoms with Gasteiger partial charge in [0.15, 0.2) is 5.69 Å². The van der Waals surface area contributed by atoms with Gasteiger partial charge in [0.2, 0.25) is 0 Å². The van der Waals surface area contributed by atoms with Gasteiger partial charge in [0.25, 0.3) is 5.91 Å². The van der Waals surface area contributed by atoms with E-state index in [1.807, 2.05) is 6.07 Å². The van der Waals surface area contributed by atoms with E-state index in [4.69, 9.17) is 0 Å². The molecule has 0 unspecified atom stereocenters. The second-order valence-corrected chi connectivity index (χ2v) is 6.17. The zero-order valence-electron chi connectivity index (χ0n) is 12.4. The van der Waals surface area contributed by atoms with Gasteiger partial charge in [0, 0.05) is 19.6 Å². The molecule has 1 amide bonds. The first-order valence-electron chi connectivity index (χ1n) is 7.77. The number of nitrogens with zero attached hydrogens (tertiary/aromatic N) is 4. The number of nitrogens with one attached hydrogen (secondary N) is 1. The predicted molar refractivity (Wildman–Crippen MR) is 81.3 cm³/mol. The van der Waals surface area contributed by atoms with Crippen LogP contribution in [0.4, 0.5) is 0 Å². The summed E-state index contributed by atoms with van der Waals surface area (Å²) in [6, 6.07) is 11.1. The van der Waals surface area contributed by atoms with E-state index >= 15 is 0 Å². The van der Waals surface area contributed by atoms with Crippen LogP contribution in [0, 0.1) is 0 Å². The highest BCUT2D eigenvalue weighted by molar-refractivity contribution is 5.92. The highest BCUT2D eigenvalue weighted by Crippen LogP contribution is 2.33. The number of carbonyl (C=O) groups is 1. The Balaban J connectivity index is 1.25. The largest absolute Gasteiger partial charge is 0.345 e.